The van der Waals surface area contributed by atoms with Crippen LogP contribution in [-0.2, 0) is 0 Å². The first-order valence-electron chi connectivity index (χ1n) is 6.87. The van der Waals surface area contributed by atoms with Crippen LogP contribution in [0, 0.1) is 0 Å². The molecule has 0 bridgehead atoms. The highest BCUT2D eigenvalue weighted by molar-refractivity contribution is 6.33. The lowest BCUT2D eigenvalue weighted by Crippen LogP contribution is -2.14. The number of benzene rings is 1. The molecule has 0 atom stereocenters. The number of anilines is 1. The molecule has 0 saturated carbocycles. The van der Waals surface area contributed by atoms with Gasteiger partial charge in [-0.3, -0.25) is 4.79 Å². The highest BCUT2D eigenvalue weighted by Gasteiger charge is 2.17. The van der Waals surface area contributed by atoms with Crippen molar-refractivity contribution in [2.45, 2.75) is 20.0 Å². The van der Waals surface area contributed by atoms with Crippen LogP contribution in [0.25, 0.3) is 0 Å². The van der Waals surface area contributed by atoms with Crippen molar-refractivity contribution in [3.05, 3.63) is 46.1 Å². The second-order valence-corrected chi connectivity index (χ2v) is 5.82. The highest BCUT2D eigenvalue weighted by Crippen LogP contribution is 2.37. The van der Waals surface area contributed by atoms with Gasteiger partial charge in [-0.25, -0.2) is 4.98 Å². The van der Waals surface area contributed by atoms with E-state index in [1.807, 2.05) is 13.8 Å². The fourth-order valence-electron chi connectivity index (χ4n) is 1.84. The Morgan fingerprint density at radius 2 is 2.00 bits per heavy atom. The summed E-state index contributed by atoms with van der Waals surface area (Å²) in [6.07, 6.45) is 1.38. The molecule has 0 fully saturated rings. The quantitative estimate of drug-likeness (QED) is 0.862. The van der Waals surface area contributed by atoms with Crippen molar-refractivity contribution in [2.75, 3.05) is 12.4 Å². The fraction of sp³-hybridized carbons (Fsp3) is 0.250. The number of rotatable bonds is 5. The number of hydrogen-bond donors (Lipinski definition) is 1. The first kappa shape index (κ1) is 17.4. The first-order valence-corrected chi connectivity index (χ1v) is 7.63. The molecule has 5 nitrogen and oxygen atoms in total. The minimum atomic E-state index is -0.365. The monoisotopic (exact) mass is 354 g/mol. The molecule has 0 saturated heterocycles. The Hall–Kier alpha value is -1.98. The molecular formula is C16H16Cl2N2O3. The second kappa shape index (κ2) is 7.53. The Kier molecular flexibility index (Phi) is 5.69. The average Bonchev–Trinajstić information content (AvgIpc) is 2.50. The van der Waals surface area contributed by atoms with Crippen LogP contribution < -0.4 is 14.8 Å². The Bertz CT molecular complexity index is 703. The number of nitrogens with zero attached hydrogens (tertiary/aromatic N) is 1. The molecular weight excluding hydrogens is 339 g/mol. The summed E-state index contributed by atoms with van der Waals surface area (Å²) >= 11 is 12.0. The minimum absolute atomic E-state index is 0.0701. The van der Waals surface area contributed by atoms with Crippen molar-refractivity contribution in [2.24, 2.45) is 0 Å². The maximum Gasteiger partial charge on any atom is 0.257 e. The van der Waals surface area contributed by atoms with Crippen LogP contribution in [-0.4, -0.2) is 24.1 Å². The van der Waals surface area contributed by atoms with E-state index < -0.39 is 0 Å². The van der Waals surface area contributed by atoms with E-state index in [4.69, 9.17) is 32.7 Å². The maximum atomic E-state index is 12.3. The summed E-state index contributed by atoms with van der Waals surface area (Å²) in [5, 5.41) is 3.45. The van der Waals surface area contributed by atoms with E-state index in [0.29, 0.717) is 32.9 Å². The van der Waals surface area contributed by atoms with Crippen LogP contribution >= 0.6 is 23.2 Å². The second-order valence-electron chi connectivity index (χ2n) is 4.97. The summed E-state index contributed by atoms with van der Waals surface area (Å²) in [5.41, 5.74) is 0.333. The van der Waals surface area contributed by atoms with Crippen LogP contribution in [0.5, 0.6) is 11.5 Å². The number of halogens is 2. The molecule has 0 aliphatic heterocycles. The van der Waals surface area contributed by atoms with Crippen molar-refractivity contribution in [3.8, 4) is 11.5 Å². The van der Waals surface area contributed by atoms with Gasteiger partial charge in [0.25, 0.3) is 5.91 Å². The van der Waals surface area contributed by atoms with E-state index in [9.17, 15) is 4.79 Å². The molecule has 0 aliphatic carbocycles. The van der Waals surface area contributed by atoms with Gasteiger partial charge in [0.2, 0.25) is 0 Å². The number of methoxy groups -OCH3 is 1. The topological polar surface area (TPSA) is 60.5 Å². The molecule has 0 unspecified atom stereocenters. The molecule has 2 aromatic rings. The normalized spacial score (nSPS) is 10.5. The summed E-state index contributed by atoms with van der Waals surface area (Å²) in [6, 6.07) is 6.33. The molecule has 0 spiro atoms. The summed E-state index contributed by atoms with van der Waals surface area (Å²) in [5.74, 6) is 0.818. The standard InChI is InChI=1S/C16H16Cl2N2O3/c1-9(2)23-15-12(18)6-10(7-13(15)22-3)16(21)20-14-5-4-11(17)8-19-14/h4-9H,1-3H3,(H,19,20,21). The maximum absolute atomic E-state index is 12.3. The van der Waals surface area contributed by atoms with Gasteiger partial charge < -0.3 is 14.8 Å². The van der Waals surface area contributed by atoms with E-state index in [1.54, 1.807) is 18.2 Å². The minimum Gasteiger partial charge on any atom is -0.493 e. The molecule has 23 heavy (non-hydrogen) atoms. The van der Waals surface area contributed by atoms with Crippen LogP contribution in [0.1, 0.15) is 24.2 Å². The van der Waals surface area contributed by atoms with Crippen molar-refractivity contribution in [1.82, 2.24) is 4.98 Å². The highest BCUT2D eigenvalue weighted by atomic mass is 35.5. The predicted octanol–water partition coefficient (Wildman–Crippen LogP) is 4.44. The zero-order valence-corrected chi connectivity index (χ0v) is 14.4. The molecule has 122 valence electrons. The Balaban J connectivity index is 2.26. The van der Waals surface area contributed by atoms with Crippen LogP contribution in [0.15, 0.2) is 30.5 Å². The lowest BCUT2D eigenvalue weighted by Gasteiger charge is -2.16. The average molecular weight is 355 g/mol. The lowest BCUT2D eigenvalue weighted by atomic mass is 10.2. The predicted molar refractivity (Wildman–Crippen MR) is 91.0 cm³/mol. The zero-order valence-electron chi connectivity index (χ0n) is 12.9. The van der Waals surface area contributed by atoms with Gasteiger partial charge in [-0.15, -0.1) is 0 Å². The van der Waals surface area contributed by atoms with E-state index in [2.05, 4.69) is 10.3 Å². The van der Waals surface area contributed by atoms with Crippen LogP contribution in [0.2, 0.25) is 10.0 Å². The fourth-order valence-corrected chi connectivity index (χ4v) is 2.21. The van der Waals surface area contributed by atoms with Gasteiger partial charge in [-0.2, -0.15) is 0 Å². The SMILES string of the molecule is COc1cc(C(=O)Nc2ccc(Cl)cn2)cc(Cl)c1OC(C)C. The van der Waals surface area contributed by atoms with Gasteiger partial charge in [0.1, 0.15) is 5.82 Å². The number of ether oxygens (including phenoxy) is 2. The number of aromatic nitrogens is 1. The largest absolute Gasteiger partial charge is 0.493 e. The van der Waals surface area contributed by atoms with Crippen molar-refractivity contribution in [3.63, 3.8) is 0 Å². The van der Waals surface area contributed by atoms with Gasteiger partial charge in [0.15, 0.2) is 11.5 Å². The van der Waals surface area contributed by atoms with Gasteiger partial charge >= 0.3 is 0 Å². The van der Waals surface area contributed by atoms with Crippen molar-refractivity contribution < 1.29 is 14.3 Å². The van der Waals surface area contributed by atoms with Crippen molar-refractivity contribution in [1.29, 1.82) is 0 Å². The van der Waals surface area contributed by atoms with E-state index >= 15 is 0 Å². The number of carbonyl (C=O) groups excluding carboxylic acids is 1. The third-order valence-corrected chi connectivity index (χ3v) is 3.32. The van der Waals surface area contributed by atoms with Crippen molar-refractivity contribution >= 4 is 34.9 Å². The Labute approximate surface area is 144 Å². The van der Waals surface area contributed by atoms with Crippen LogP contribution in [0.4, 0.5) is 5.82 Å². The third-order valence-electron chi connectivity index (χ3n) is 2.81. The van der Waals surface area contributed by atoms with Gasteiger partial charge in [0, 0.05) is 11.8 Å². The van der Waals surface area contributed by atoms with Crippen LogP contribution in [0.3, 0.4) is 0 Å². The molecule has 1 amide bonds. The number of carbonyl (C=O) groups is 1. The molecule has 7 heteroatoms. The summed E-state index contributed by atoms with van der Waals surface area (Å²) < 4.78 is 10.9. The molecule has 0 radical (unpaired) electrons. The number of amides is 1. The first-order chi connectivity index (χ1) is 10.9. The van der Waals surface area contributed by atoms with Gasteiger partial charge in [-0.1, -0.05) is 23.2 Å². The molecule has 1 heterocycles. The van der Waals surface area contributed by atoms with Gasteiger partial charge in [-0.05, 0) is 38.1 Å². The third kappa shape index (κ3) is 4.50. The van der Waals surface area contributed by atoms with E-state index in [-0.39, 0.29) is 12.0 Å². The lowest BCUT2D eigenvalue weighted by molar-refractivity contribution is 0.102. The van der Waals surface area contributed by atoms with E-state index in [1.165, 1.54) is 19.4 Å². The summed E-state index contributed by atoms with van der Waals surface area (Å²) in [4.78, 5) is 16.3. The molecule has 1 N–H and O–H groups in total. The van der Waals surface area contributed by atoms with Gasteiger partial charge in [0.05, 0.1) is 23.3 Å². The summed E-state index contributed by atoms with van der Waals surface area (Å²) in [6.45, 7) is 3.76. The molecule has 2 rings (SSSR count). The summed E-state index contributed by atoms with van der Waals surface area (Å²) in [7, 11) is 1.49. The zero-order chi connectivity index (χ0) is 17.0. The Morgan fingerprint density at radius 1 is 1.26 bits per heavy atom. The van der Waals surface area contributed by atoms with E-state index in [0.717, 1.165) is 0 Å². The Morgan fingerprint density at radius 3 is 2.57 bits per heavy atom. The number of hydrogen-bond acceptors (Lipinski definition) is 4. The number of pyridine rings is 1. The number of nitrogens with one attached hydrogen (secondary N) is 1. The molecule has 1 aromatic heterocycles. The molecule has 1 aromatic carbocycles. The molecule has 0 aliphatic rings. The smallest absolute Gasteiger partial charge is 0.257 e.